The second kappa shape index (κ2) is 9.99. The average molecular weight is 600 g/mol. The number of thiazole rings is 1. The van der Waals surface area contributed by atoms with Gasteiger partial charge in [0.1, 0.15) is 16.5 Å². The summed E-state index contributed by atoms with van der Waals surface area (Å²) in [7, 11) is 0. The minimum absolute atomic E-state index is 0.0483. The van der Waals surface area contributed by atoms with Gasteiger partial charge >= 0.3 is 0 Å². The van der Waals surface area contributed by atoms with E-state index in [0.717, 1.165) is 35.2 Å². The van der Waals surface area contributed by atoms with Crippen molar-refractivity contribution in [2.75, 3.05) is 0 Å². The van der Waals surface area contributed by atoms with E-state index in [-0.39, 0.29) is 22.3 Å². The molecule has 0 unspecified atom stereocenters. The fourth-order valence-electron chi connectivity index (χ4n) is 5.49. The fourth-order valence-corrected chi connectivity index (χ4v) is 6.78. The SMILES string of the molecule is O=c1/c(=C\c2ccc(-c3ccc(Cl)c([N+](=O)[O-])c3)o2)sc2n1[C@H](c1ccc(Cl)cc1)C1=C(N=2)c2ccccc2CC1. The molecule has 0 N–H and O–H groups in total. The number of halogens is 2. The highest BCUT2D eigenvalue weighted by Crippen LogP contribution is 2.41. The maximum atomic E-state index is 13.9. The zero-order valence-electron chi connectivity index (χ0n) is 21.2. The standard InChI is InChI=1S/C31H19Cl2N3O4S/c32-20-9-5-18(6-10-20)29-23-12-7-17-3-1-2-4-22(17)28(23)34-31-35(29)30(37)27(41-31)16-21-11-14-26(40-21)19-8-13-24(33)25(15-19)36(38)39/h1-6,8-11,13-16,29H,7,12H2/b27-16+/t29-/m1/s1. The van der Waals surface area contributed by atoms with Crippen LogP contribution in [0.4, 0.5) is 5.69 Å². The lowest BCUT2D eigenvalue weighted by Gasteiger charge is -2.30. The Kier molecular flexibility index (Phi) is 6.27. The van der Waals surface area contributed by atoms with Crippen LogP contribution in [0.3, 0.4) is 0 Å². The van der Waals surface area contributed by atoms with Crippen molar-refractivity contribution in [3.8, 4) is 11.3 Å². The molecule has 7 nitrogen and oxygen atoms in total. The maximum absolute atomic E-state index is 13.9. The number of aromatic nitrogens is 1. The number of nitro groups is 1. The maximum Gasteiger partial charge on any atom is 0.288 e. The van der Waals surface area contributed by atoms with Gasteiger partial charge in [0.15, 0.2) is 4.80 Å². The molecule has 41 heavy (non-hydrogen) atoms. The number of rotatable bonds is 4. The van der Waals surface area contributed by atoms with Gasteiger partial charge in [-0.1, -0.05) is 70.9 Å². The van der Waals surface area contributed by atoms with E-state index in [0.29, 0.717) is 31.4 Å². The van der Waals surface area contributed by atoms with Crippen molar-refractivity contribution >= 4 is 52.0 Å². The first kappa shape index (κ1) is 25.7. The smallest absolute Gasteiger partial charge is 0.288 e. The molecule has 3 heterocycles. The van der Waals surface area contributed by atoms with Crippen molar-refractivity contribution < 1.29 is 9.34 Å². The molecule has 1 atom stereocenters. The van der Waals surface area contributed by atoms with E-state index < -0.39 is 4.92 Å². The fraction of sp³-hybridized carbons (Fsp3) is 0.0968. The Morgan fingerprint density at radius 2 is 1.83 bits per heavy atom. The topological polar surface area (TPSA) is 90.6 Å². The van der Waals surface area contributed by atoms with Crippen molar-refractivity contribution in [1.82, 2.24) is 4.57 Å². The lowest BCUT2D eigenvalue weighted by molar-refractivity contribution is -0.384. The molecule has 0 fully saturated rings. The summed E-state index contributed by atoms with van der Waals surface area (Å²) in [6.07, 6.45) is 3.35. The van der Waals surface area contributed by atoms with Gasteiger partial charge in [-0.25, -0.2) is 4.99 Å². The summed E-state index contributed by atoms with van der Waals surface area (Å²) in [5.41, 5.74) is 5.47. The number of benzene rings is 3. The molecule has 0 bridgehead atoms. The molecule has 0 radical (unpaired) electrons. The van der Waals surface area contributed by atoms with Gasteiger partial charge in [0.25, 0.3) is 11.2 Å². The molecule has 10 heteroatoms. The van der Waals surface area contributed by atoms with E-state index >= 15 is 0 Å². The zero-order valence-corrected chi connectivity index (χ0v) is 23.5. The molecule has 5 aromatic rings. The van der Waals surface area contributed by atoms with Crippen molar-refractivity contribution in [2.24, 2.45) is 4.99 Å². The van der Waals surface area contributed by atoms with Crippen LogP contribution in [0.25, 0.3) is 23.1 Å². The third-order valence-electron chi connectivity index (χ3n) is 7.39. The van der Waals surface area contributed by atoms with Gasteiger partial charge in [0.2, 0.25) is 0 Å². The number of hydrogen-bond acceptors (Lipinski definition) is 6. The van der Waals surface area contributed by atoms with Crippen LogP contribution in [0, 0.1) is 10.1 Å². The minimum Gasteiger partial charge on any atom is -0.457 e. The molecule has 0 saturated carbocycles. The Morgan fingerprint density at radius 1 is 1.02 bits per heavy atom. The van der Waals surface area contributed by atoms with Crippen LogP contribution in [0.2, 0.25) is 10.0 Å². The third kappa shape index (κ3) is 4.44. The number of aryl methyl sites for hydroxylation is 1. The molecule has 2 aromatic heterocycles. The number of fused-ring (bicyclic) bond motifs is 3. The van der Waals surface area contributed by atoms with E-state index in [2.05, 4.69) is 12.1 Å². The number of nitro benzene ring substituents is 1. The second-order valence-corrected chi connectivity index (χ2v) is 11.6. The van der Waals surface area contributed by atoms with E-state index in [1.807, 2.05) is 36.4 Å². The van der Waals surface area contributed by atoms with Crippen LogP contribution >= 0.6 is 34.5 Å². The van der Waals surface area contributed by atoms with Gasteiger partial charge in [-0.15, -0.1) is 0 Å². The van der Waals surface area contributed by atoms with Crippen LogP contribution in [-0.2, 0) is 6.42 Å². The molecule has 0 saturated heterocycles. The van der Waals surface area contributed by atoms with Crippen molar-refractivity contribution in [1.29, 1.82) is 0 Å². The van der Waals surface area contributed by atoms with Crippen LogP contribution in [0.15, 0.2) is 98.6 Å². The molecule has 0 spiro atoms. The molecule has 1 aliphatic carbocycles. The lowest BCUT2D eigenvalue weighted by atomic mass is 9.83. The van der Waals surface area contributed by atoms with E-state index in [1.165, 1.54) is 29.0 Å². The van der Waals surface area contributed by atoms with Gasteiger partial charge in [-0.3, -0.25) is 19.5 Å². The minimum atomic E-state index is -0.536. The van der Waals surface area contributed by atoms with Crippen molar-refractivity contribution in [3.05, 3.63) is 147 Å². The number of hydrogen-bond donors (Lipinski definition) is 0. The zero-order chi connectivity index (χ0) is 28.2. The Morgan fingerprint density at radius 3 is 2.63 bits per heavy atom. The van der Waals surface area contributed by atoms with Gasteiger partial charge in [-0.2, -0.15) is 0 Å². The molecule has 3 aromatic carbocycles. The predicted molar refractivity (Wildman–Crippen MR) is 160 cm³/mol. The molecule has 2 aliphatic rings. The third-order valence-corrected chi connectivity index (χ3v) is 8.94. The molecule has 1 aliphatic heterocycles. The number of furan rings is 1. The Labute approximate surface area is 247 Å². The Balaban J connectivity index is 1.37. The molecular weight excluding hydrogens is 581 g/mol. The van der Waals surface area contributed by atoms with Gasteiger partial charge in [0, 0.05) is 28.3 Å². The highest BCUT2D eigenvalue weighted by Gasteiger charge is 2.32. The monoisotopic (exact) mass is 599 g/mol. The van der Waals surface area contributed by atoms with E-state index in [9.17, 15) is 14.9 Å². The van der Waals surface area contributed by atoms with Crippen LogP contribution < -0.4 is 14.9 Å². The van der Waals surface area contributed by atoms with Crippen LogP contribution in [0.1, 0.15) is 34.9 Å². The molecule has 202 valence electrons. The Bertz CT molecular complexity index is 2090. The van der Waals surface area contributed by atoms with E-state index in [4.69, 9.17) is 32.6 Å². The van der Waals surface area contributed by atoms with Crippen LogP contribution in [-0.4, -0.2) is 9.49 Å². The van der Waals surface area contributed by atoms with E-state index in [1.54, 1.807) is 28.8 Å². The summed E-state index contributed by atoms with van der Waals surface area (Å²) in [5, 5.41) is 12.0. The van der Waals surface area contributed by atoms with Gasteiger partial charge in [-0.05, 0) is 65.9 Å². The van der Waals surface area contributed by atoms with Gasteiger partial charge in [0.05, 0.1) is 21.2 Å². The summed E-state index contributed by atoms with van der Waals surface area (Å²) in [6.45, 7) is 0. The highest BCUT2D eigenvalue weighted by molar-refractivity contribution is 7.07. The summed E-state index contributed by atoms with van der Waals surface area (Å²) in [5.74, 6) is 0.870. The summed E-state index contributed by atoms with van der Waals surface area (Å²) >= 11 is 13.5. The first-order valence-electron chi connectivity index (χ1n) is 12.8. The average Bonchev–Trinajstić information content (AvgIpc) is 3.57. The Hall–Kier alpha value is -4.24. The first-order valence-corrected chi connectivity index (χ1v) is 14.4. The lowest BCUT2D eigenvalue weighted by Crippen LogP contribution is -2.38. The number of allylic oxidation sites excluding steroid dienone is 1. The largest absolute Gasteiger partial charge is 0.457 e. The van der Waals surface area contributed by atoms with Crippen LogP contribution in [0.5, 0.6) is 0 Å². The summed E-state index contributed by atoms with van der Waals surface area (Å²) in [4.78, 5) is 30.3. The highest BCUT2D eigenvalue weighted by atomic mass is 35.5. The normalized spacial score (nSPS) is 16.1. The summed E-state index contributed by atoms with van der Waals surface area (Å²) in [6, 6.07) is 23.5. The quantitative estimate of drug-likeness (QED) is 0.168. The number of nitrogens with zero attached hydrogens (tertiary/aromatic N) is 3. The summed E-state index contributed by atoms with van der Waals surface area (Å²) < 4.78 is 8.22. The first-order chi connectivity index (χ1) is 19.9. The second-order valence-electron chi connectivity index (χ2n) is 9.79. The van der Waals surface area contributed by atoms with Gasteiger partial charge < -0.3 is 4.42 Å². The van der Waals surface area contributed by atoms with Crippen molar-refractivity contribution in [3.63, 3.8) is 0 Å². The molecule has 0 amide bonds. The molecular formula is C31H19Cl2N3O4S. The molecule has 7 rings (SSSR count). The van der Waals surface area contributed by atoms with Crippen molar-refractivity contribution in [2.45, 2.75) is 18.9 Å². The predicted octanol–water partition coefficient (Wildman–Crippen LogP) is 6.79.